The molecule has 1 nitrogen and oxygen atoms in total. The Morgan fingerprint density at radius 3 is 2.06 bits per heavy atom. The van der Waals surface area contributed by atoms with Crippen molar-refractivity contribution in [3.63, 3.8) is 0 Å². The van der Waals surface area contributed by atoms with Crippen LogP contribution in [-0.2, 0) is 6.42 Å². The number of rotatable bonds is 4. The molecule has 1 aliphatic rings. The average molecular weight is 479 g/mol. The number of benzene rings is 1. The Balaban J connectivity index is -0.00000101. The predicted molar refractivity (Wildman–Crippen MR) is 155 cm³/mol. The minimum atomic E-state index is 0.190. The van der Waals surface area contributed by atoms with Crippen LogP contribution in [0.25, 0.3) is 0 Å². The average Bonchev–Trinajstić information content (AvgIpc) is 2.85. The van der Waals surface area contributed by atoms with E-state index >= 15 is 0 Å². The van der Waals surface area contributed by atoms with Crippen molar-refractivity contribution in [3.8, 4) is 5.75 Å². The topological polar surface area (TPSA) is 20.2 Å². The Bertz CT molecular complexity index is 727. The summed E-state index contributed by atoms with van der Waals surface area (Å²) in [4.78, 5) is 0. The zero-order valence-corrected chi connectivity index (χ0v) is 25.1. The monoisotopic (exact) mass is 478 g/mol. The van der Waals surface area contributed by atoms with Gasteiger partial charge < -0.3 is 5.11 Å². The van der Waals surface area contributed by atoms with Gasteiger partial charge in [0.15, 0.2) is 0 Å². The van der Waals surface area contributed by atoms with Crippen LogP contribution in [0.4, 0.5) is 0 Å². The van der Waals surface area contributed by atoms with E-state index in [0.29, 0.717) is 24.0 Å². The molecule has 0 heterocycles. The standard InChI is InChI=1S/C23H31ClO.4C2H6/c1-15(12-13-23(6)17(3)8-7-9-18(23)4)10-11-20-19(5)22(24)16(2)14-21(20)25;4*1-2/h7-8,10,12-14,17-18,25H,9,11H2,1-6H3;4*1-2H3/b13-12+,15-10+;;;;. The van der Waals surface area contributed by atoms with Crippen LogP contribution in [0, 0.1) is 31.1 Å². The van der Waals surface area contributed by atoms with Crippen molar-refractivity contribution in [2.24, 2.45) is 17.3 Å². The van der Waals surface area contributed by atoms with Crippen molar-refractivity contribution < 1.29 is 5.11 Å². The van der Waals surface area contributed by atoms with Gasteiger partial charge in [-0.15, -0.1) is 0 Å². The van der Waals surface area contributed by atoms with E-state index in [1.807, 2.05) is 69.2 Å². The maximum absolute atomic E-state index is 10.2. The fourth-order valence-corrected chi connectivity index (χ4v) is 3.76. The Kier molecular flexibility index (Phi) is 21.8. The first-order valence-electron chi connectivity index (χ1n) is 13.2. The van der Waals surface area contributed by atoms with Crippen molar-refractivity contribution in [1.29, 1.82) is 0 Å². The van der Waals surface area contributed by atoms with Crippen molar-refractivity contribution in [1.82, 2.24) is 0 Å². The molecule has 3 unspecified atom stereocenters. The summed E-state index contributed by atoms with van der Waals surface area (Å²) in [6.45, 7) is 29.0. The molecule has 33 heavy (non-hydrogen) atoms. The zero-order valence-electron chi connectivity index (χ0n) is 24.4. The summed E-state index contributed by atoms with van der Waals surface area (Å²) < 4.78 is 0. The zero-order chi connectivity index (χ0) is 26.8. The lowest BCUT2D eigenvalue weighted by Crippen LogP contribution is -2.31. The molecule has 192 valence electrons. The van der Waals surface area contributed by atoms with Gasteiger partial charge in [0.1, 0.15) is 5.75 Å². The molecule has 0 saturated heterocycles. The molecule has 0 fully saturated rings. The van der Waals surface area contributed by atoms with Gasteiger partial charge in [-0.3, -0.25) is 0 Å². The minimum absolute atomic E-state index is 0.190. The van der Waals surface area contributed by atoms with Gasteiger partial charge in [-0.05, 0) is 68.1 Å². The summed E-state index contributed by atoms with van der Waals surface area (Å²) in [6, 6.07) is 1.75. The molecule has 0 aromatic heterocycles. The molecule has 1 aliphatic carbocycles. The molecule has 2 heteroatoms. The Labute approximate surface area is 213 Å². The van der Waals surface area contributed by atoms with E-state index in [4.69, 9.17) is 11.6 Å². The van der Waals surface area contributed by atoms with Crippen molar-refractivity contribution >= 4 is 11.6 Å². The van der Waals surface area contributed by atoms with Gasteiger partial charge in [-0.2, -0.15) is 0 Å². The third-order valence-electron chi connectivity index (χ3n) is 6.08. The van der Waals surface area contributed by atoms with Crippen molar-refractivity contribution in [2.45, 2.75) is 110 Å². The SMILES string of the molecule is CC.CC.CC.CC.CC(/C=C/C1(C)C(C)C=CCC1C)=C\Cc1c(O)cc(C)c(Cl)c1C. The van der Waals surface area contributed by atoms with E-state index in [1.165, 1.54) is 5.57 Å². The second kappa shape index (κ2) is 20.0. The lowest BCUT2D eigenvalue weighted by Gasteiger charge is -2.40. The maximum atomic E-state index is 10.2. The van der Waals surface area contributed by atoms with Crippen molar-refractivity contribution in [2.75, 3.05) is 0 Å². The van der Waals surface area contributed by atoms with Gasteiger partial charge in [0.05, 0.1) is 0 Å². The lowest BCUT2D eigenvalue weighted by molar-refractivity contribution is 0.200. The minimum Gasteiger partial charge on any atom is -0.508 e. The number of halogens is 1. The van der Waals surface area contributed by atoms with E-state index in [1.54, 1.807) is 6.07 Å². The molecule has 3 atom stereocenters. The third kappa shape index (κ3) is 11.0. The fraction of sp³-hybridized carbons (Fsp3) is 0.613. The quantitative estimate of drug-likeness (QED) is 0.336. The number of phenols is 1. The first-order chi connectivity index (χ1) is 15.7. The predicted octanol–water partition coefficient (Wildman–Crippen LogP) is 11.1. The van der Waals surface area contributed by atoms with Gasteiger partial charge >= 0.3 is 0 Å². The highest BCUT2D eigenvalue weighted by Crippen LogP contribution is 2.43. The summed E-state index contributed by atoms with van der Waals surface area (Å²) in [5, 5.41) is 11.0. The number of allylic oxidation sites excluding steroid dienone is 6. The summed E-state index contributed by atoms with van der Waals surface area (Å²) in [5.74, 6) is 1.51. The van der Waals surface area contributed by atoms with E-state index in [2.05, 4.69) is 58.1 Å². The van der Waals surface area contributed by atoms with E-state index in [-0.39, 0.29) is 5.41 Å². The molecule has 0 bridgehead atoms. The summed E-state index contributed by atoms with van der Waals surface area (Å²) in [5.41, 5.74) is 4.21. The number of hydrogen-bond acceptors (Lipinski definition) is 1. The van der Waals surface area contributed by atoms with Gasteiger partial charge in [0, 0.05) is 10.6 Å². The molecular formula is C31H55ClO. The van der Waals surface area contributed by atoms with Crippen LogP contribution in [0.3, 0.4) is 0 Å². The van der Waals surface area contributed by atoms with Crippen LogP contribution in [0.1, 0.15) is 106 Å². The maximum Gasteiger partial charge on any atom is 0.119 e. The Morgan fingerprint density at radius 2 is 1.58 bits per heavy atom. The normalized spacial score (nSPS) is 21.4. The smallest absolute Gasteiger partial charge is 0.119 e. The molecule has 1 aromatic carbocycles. The van der Waals surface area contributed by atoms with E-state index < -0.39 is 0 Å². The number of aryl methyl sites for hydroxylation is 1. The van der Waals surface area contributed by atoms with E-state index in [0.717, 1.165) is 28.1 Å². The molecule has 1 aromatic rings. The molecule has 0 aliphatic heterocycles. The molecule has 0 spiro atoms. The molecule has 0 saturated carbocycles. The van der Waals surface area contributed by atoms with Crippen molar-refractivity contribution in [3.05, 3.63) is 63.7 Å². The molecule has 1 N–H and O–H groups in total. The summed E-state index contributed by atoms with van der Waals surface area (Å²) in [7, 11) is 0. The van der Waals surface area contributed by atoms with Crippen LogP contribution in [0.5, 0.6) is 5.75 Å². The highest BCUT2D eigenvalue weighted by Gasteiger charge is 2.34. The third-order valence-corrected chi connectivity index (χ3v) is 6.66. The van der Waals surface area contributed by atoms with Crippen LogP contribution in [-0.4, -0.2) is 5.11 Å². The van der Waals surface area contributed by atoms with Crippen LogP contribution in [0.15, 0.2) is 42.0 Å². The molecular weight excluding hydrogens is 424 g/mol. The lowest BCUT2D eigenvalue weighted by atomic mass is 9.65. The Morgan fingerprint density at radius 1 is 1.06 bits per heavy atom. The first-order valence-corrected chi connectivity index (χ1v) is 13.5. The molecule has 2 rings (SSSR count). The van der Waals surface area contributed by atoms with Crippen LogP contribution in [0.2, 0.25) is 5.02 Å². The number of hydrogen-bond donors (Lipinski definition) is 1. The van der Waals surface area contributed by atoms with E-state index in [9.17, 15) is 5.11 Å². The van der Waals surface area contributed by atoms with Crippen LogP contribution >= 0.6 is 11.6 Å². The Hall–Kier alpha value is -1.47. The largest absolute Gasteiger partial charge is 0.508 e. The molecule has 0 amide bonds. The second-order valence-corrected chi connectivity index (χ2v) is 8.21. The highest BCUT2D eigenvalue weighted by atomic mass is 35.5. The summed E-state index contributed by atoms with van der Waals surface area (Å²) in [6.07, 6.45) is 13.2. The first kappa shape index (κ1) is 36.1. The second-order valence-electron chi connectivity index (χ2n) is 7.84. The summed E-state index contributed by atoms with van der Waals surface area (Å²) >= 11 is 6.33. The van der Waals surface area contributed by atoms with Gasteiger partial charge in [0.2, 0.25) is 0 Å². The fourth-order valence-electron chi connectivity index (χ4n) is 3.59. The highest BCUT2D eigenvalue weighted by molar-refractivity contribution is 6.32. The number of phenolic OH excluding ortho intramolecular Hbond substituents is 1. The van der Waals surface area contributed by atoms with Gasteiger partial charge in [-0.25, -0.2) is 0 Å². The van der Waals surface area contributed by atoms with Gasteiger partial charge in [0.25, 0.3) is 0 Å². The molecule has 0 radical (unpaired) electrons. The van der Waals surface area contributed by atoms with Crippen LogP contribution < -0.4 is 0 Å². The van der Waals surface area contributed by atoms with Gasteiger partial charge in [-0.1, -0.05) is 124 Å². The number of aromatic hydroxyl groups is 1.